The van der Waals surface area contributed by atoms with E-state index in [0.717, 1.165) is 6.42 Å². The van der Waals surface area contributed by atoms with E-state index in [9.17, 15) is 22.0 Å². The van der Waals surface area contributed by atoms with Gasteiger partial charge >= 0.3 is 0 Å². The molecule has 132 valence electrons. The lowest BCUT2D eigenvalue weighted by atomic mass is 9.97. The van der Waals surface area contributed by atoms with Crippen molar-refractivity contribution in [1.82, 2.24) is 10.2 Å². The van der Waals surface area contributed by atoms with Gasteiger partial charge in [0.1, 0.15) is 0 Å². The molecule has 0 radical (unpaired) electrons. The first-order valence-electron chi connectivity index (χ1n) is 7.45. The number of hydrogen-bond donors (Lipinski definition) is 1. The second-order valence-corrected chi connectivity index (χ2v) is 5.43. The normalized spacial score (nSPS) is 17.0. The summed E-state index contributed by atoms with van der Waals surface area (Å²) in [5.74, 6) is -9.27. The Kier molecular flexibility index (Phi) is 7.70. The highest BCUT2D eigenvalue weighted by molar-refractivity contribution is 5.85. The van der Waals surface area contributed by atoms with Gasteiger partial charge in [0, 0.05) is 37.8 Å². The lowest BCUT2D eigenvalue weighted by Gasteiger charge is -2.35. The van der Waals surface area contributed by atoms with Crippen LogP contribution < -0.4 is 5.32 Å². The van der Waals surface area contributed by atoms with Crippen LogP contribution in [0.3, 0.4) is 0 Å². The highest BCUT2D eigenvalue weighted by atomic mass is 35.5. The van der Waals surface area contributed by atoms with Gasteiger partial charge in [-0.2, -0.15) is 0 Å². The number of unbranched alkanes of at least 4 members (excludes halogenated alkanes) is 1. The zero-order valence-electron chi connectivity index (χ0n) is 12.8. The molecule has 0 bridgehead atoms. The molecule has 1 atom stereocenters. The van der Waals surface area contributed by atoms with Gasteiger partial charge in [0.25, 0.3) is 0 Å². The molecule has 8 heteroatoms. The molecule has 1 aliphatic rings. The molecular formula is C15H20ClF5N2. The van der Waals surface area contributed by atoms with Crippen LogP contribution in [0.15, 0.2) is 0 Å². The van der Waals surface area contributed by atoms with Crippen molar-refractivity contribution < 1.29 is 22.0 Å². The molecule has 1 heterocycles. The van der Waals surface area contributed by atoms with Gasteiger partial charge < -0.3 is 5.32 Å². The van der Waals surface area contributed by atoms with Crippen LogP contribution in [0.4, 0.5) is 22.0 Å². The Balaban J connectivity index is 0.00000264. The Bertz CT molecular complexity index is 506. The highest BCUT2D eigenvalue weighted by Gasteiger charge is 2.33. The van der Waals surface area contributed by atoms with Gasteiger partial charge in [-0.05, 0) is 6.42 Å². The summed E-state index contributed by atoms with van der Waals surface area (Å²) < 4.78 is 68.3. The predicted octanol–water partition coefficient (Wildman–Crippen LogP) is 3.94. The average Bonchev–Trinajstić information content (AvgIpc) is 2.55. The van der Waals surface area contributed by atoms with Crippen molar-refractivity contribution in [3.63, 3.8) is 0 Å². The van der Waals surface area contributed by atoms with Crippen LogP contribution in [0.1, 0.15) is 37.8 Å². The number of piperazine rings is 1. The number of hydrogen-bond acceptors (Lipinski definition) is 2. The van der Waals surface area contributed by atoms with Crippen molar-refractivity contribution in [2.75, 3.05) is 26.2 Å². The van der Waals surface area contributed by atoms with Gasteiger partial charge in [-0.15, -0.1) is 12.4 Å². The highest BCUT2D eigenvalue weighted by Crippen LogP contribution is 2.34. The fourth-order valence-corrected chi connectivity index (χ4v) is 2.82. The first kappa shape index (κ1) is 20.1. The smallest absolute Gasteiger partial charge is 0.200 e. The molecule has 0 unspecified atom stereocenters. The topological polar surface area (TPSA) is 15.3 Å². The molecule has 0 aromatic heterocycles. The van der Waals surface area contributed by atoms with Crippen LogP contribution in [0.5, 0.6) is 0 Å². The summed E-state index contributed by atoms with van der Waals surface area (Å²) in [7, 11) is 0. The van der Waals surface area contributed by atoms with Crippen LogP contribution in [0.2, 0.25) is 0 Å². The summed E-state index contributed by atoms with van der Waals surface area (Å²) in [4.78, 5) is 1.78. The van der Waals surface area contributed by atoms with E-state index in [2.05, 4.69) is 5.32 Å². The Morgan fingerprint density at radius 3 is 1.87 bits per heavy atom. The summed E-state index contributed by atoms with van der Waals surface area (Å²) in [6.07, 6.45) is 1.78. The van der Waals surface area contributed by atoms with Crippen LogP contribution in [-0.2, 0) is 0 Å². The lowest BCUT2D eigenvalue weighted by molar-refractivity contribution is 0.154. The molecule has 1 saturated heterocycles. The monoisotopic (exact) mass is 358 g/mol. The standard InChI is InChI=1S/C15H19F5N2.ClH/c1-2-3-4-9(22-7-5-21-6-8-22)10-11(16)13(18)15(20)14(19)12(10)17;/h9,21H,2-8H2,1H3;1H/t9-;/m1./s1. The number of benzene rings is 1. The third kappa shape index (κ3) is 4.14. The maximum atomic E-state index is 14.1. The molecule has 0 aliphatic carbocycles. The largest absolute Gasteiger partial charge is 0.314 e. The van der Waals surface area contributed by atoms with Crippen molar-refractivity contribution >= 4 is 12.4 Å². The number of rotatable bonds is 5. The number of halogens is 6. The van der Waals surface area contributed by atoms with Crippen molar-refractivity contribution in [3.05, 3.63) is 34.6 Å². The second-order valence-electron chi connectivity index (χ2n) is 5.43. The van der Waals surface area contributed by atoms with Gasteiger partial charge in [0.05, 0.1) is 0 Å². The molecule has 1 aliphatic heterocycles. The molecule has 0 saturated carbocycles. The van der Waals surface area contributed by atoms with Crippen molar-refractivity contribution in [1.29, 1.82) is 0 Å². The first-order valence-corrected chi connectivity index (χ1v) is 7.45. The van der Waals surface area contributed by atoms with Crippen molar-refractivity contribution in [2.24, 2.45) is 0 Å². The average molecular weight is 359 g/mol. The van der Waals surface area contributed by atoms with E-state index in [1.54, 1.807) is 4.90 Å². The fourth-order valence-electron chi connectivity index (χ4n) is 2.82. The van der Waals surface area contributed by atoms with Gasteiger partial charge in [-0.3, -0.25) is 4.90 Å². The molecule has 2 rings (SSSR count). The SMILES string of the molecule is CCCC[C@H](c1c(F)c(F)c(F)c(F)c1F)N1CCNCC1.Cl. The zero-order chi connectivity index (χ0) is 16.3. The summed E-state index contributed by atoms with van der Waals surface area (Å²) in [5.41, 5.74) is -0.702. The molecular weight excluding hydrogens is 339 g/mol. The number of nitrogens with zero attached hydrogens (tertiary/aromatic N) is 1. The molecule has 1 fully saturated rings. The molecule has 0 amide bonds. The lowest BCUT2D eigenvalue weighted by Crippen LogP contribution is -2.45. The molecule has 1 N–H and O–H groups in total. The fraction of sp³-hybridized carbons (Fsp3) is 0.600. The van der Waals surface area contributed by atoms with Crippen molar-refractivity contribution in [3.8, 4) is 0 Å². The molecule has 2 nitrogen and oxygen atoms in total. The van der Waals surface area contributed by atoms with E-state index in [0.29, 0.717) is 39.0 Å². The van der Waals surface area contributed by atoms with Crippen molar-refractivity contribution in [2.45, 2.75) is 32.2 Å². The minimum atomic E-state index is -2.10. The Morgan fingerprint density at radius 2 is 1.39 bits per heavy atom. The van der Waals surface area contributed by atoms with Crippen LogP contribution in [-0.4, -0.2) is 31.1 Å². The van der Waals surface area contributed by atoms with E-state index >= 15 is 0 Å². The molecule has 1 aromatic rings. The maximum absolute atomic E-state index is 14.1. The molecule has 0 spiro atoms. The Morgan fingerprint density at radius 1 is 0.913 bits per heavy atom. The van der Waals surface area contributed by atoms with E-state index in [1.165, 1.54) is 0 Å². The number of nitrogens with one attached hydrogen (secondary N) is 1. The van der Waals surface area contributed by atoms with E-state index < -0.39 is 40.7 Å². The van der Waals surface area contributed by atoms with Gasteiger partial charge in [0.2, 0.25) is 5.82 Å². The van der Waals surface area contributed by atoms with Gasteiger partial charge in [-0.25, -0.2) is 22.0 Å². The van der Waals surface area contributed by atoms with E-state index in [4.69, 9.17) is 0 Å². The van der Waals surface area contributed by atoms with Crippen LogP contribution >= 0.6 is 12.4 Å². The molecule has 1 aromatic carbocycles. The van der Waals surface area contributed by atoms with Gasteiger partial charge in [-0.1, -0.05) is 19.8 Å². The summed E-state index contributed by atoms with van der Waals surface area (Å²) >= 11 is 0. The Hall–Kier alpha value is -0.920. The van der Waals surface area contributed by atoms with E-state index in [1.807, 2.05) is 6.92 Å². The quantitative estimate of drug-likeness (QED) is 0.487. The van der Waals surface area contributed by atoms with E-state index in [-0.39, 0.29) is 12.4 Å². The molecule has 23 heavy (non-hydrogen) atoms. The predicted molar refractivity (Wildman–Crippen MR) is 80.2 cm³/mol. The third-order valence-corrected chi connectivity index (χ3v) is 4.00. The summed E-state index contributed by atoms with van der Waals surface area (Å²) in [6.45, 7) is 4.17. The van der Waals surface area contributed by atoms with Gasteiger partial charge in [0.15, 0.2) is 23.3 Å². The minimum absolute atomic E-state index is 0. The third-order valence-electron chi connectivity index (χ3n) is 4.00. The maximum Gasteiger partial charge on any atom is 0.200 e. The Labute approximate surface area is 138 Å². The minimum Gasteiger partial charge on any atom is -0.314 e. The zero-order valence-corrected chi connectivity index (χ0v) is 13.6. The van der Waals surface area contributed by atoms with Crippen LogP contribution in [0, 0.1) is 29.1 Å². The second kappa shape index (κ2) is 8.80. The van der Waals surface area contributed by atoms with Crippen LogP contribution in [0.25, 0.3) is 0 Å². The summed E-state index contributed by atoms with van der Waals surface area (Å²) in [5, 5.41) is 3.10. The first-order chi connectivity index (χ1) is 10.5. The summed E-state index contributed by atoms with van der Waals surface area (Å²) in [6, 6.07) is -0.799.